The minimum absolute atomic E-state index is 0.250. The highest BCUT2D eigenvalue weighted by Gasteiger charge is 2.24. The number of anilines is 1. The lowest BCUT2D eigenvalue weighted by Gasteiger charge is -2.07. The molecule has 124 valence electrons. The van der Waals surface area contributed by atoms with Crippen LogP contribution in [0.2, 0.25) is 0 Å². The van der Waals surface area contributed by atoms with E-state index in [4.69, 9.17) is 9.15 Å². The van der Waals surface area contributed by atoms with Crippen molar-refractivity contribution in [1.82, 2.24) is 0 Å². The number of aryl methyl sites for hydroxylation is 1. The van der Waals surface area contributed by atoms with Gasteiger partial charge in [-0.3, -0.25) is 4.79 Å². The summed E-state index contributed by atoms with van der Waals surface area (Å²) < 4.78 is 10.8. The molecule has 0 aliphatic rings. The first kappa shape index (κ1) is 16.5. The Morgan fingerprint density at radius 2 is 2.08 bits per heavy atom. The van der Waals surface area contributed by atoms with Crippen LogP contribution in [-0.2, 0) is 4.74 Å². The molecule has 0 bridgehead atoms. The molecule has 3 aromatic heterocycles. The predicted molar refractivity (Wildman–Crippen MR) is 95.0 cm³/mol. The van der Waals surface area contributed by atoms with Crippen LogP contribution in [0.3, 0.4) is 0 Å². The van der Waals surface area contributed by atoms with Gasteiger partial charge < -0.3 is 14.5 Å². The summed E-state index contributed by atoms with van der Waals surface area (Å²) in [6, 6.07) is 7.16. The summed E-state index contributed by atoms with van der Waals surface area (Å²) in [5.41, 5.74) is 0.939. The van der Waals surface area contributed by atoms with E-state index in [0.717, 1.165) is 5.76 Å². The maximum Gasteiger partial charge on any atom is 0.341 e. The van der Waals surface area contributed by atoms with E-state index in [1.165, 1.54) is 22.7 Å². The van der Waals surface area contributed by atoms with Crippen molar-refractivity contribution in [3.63, 3.8) is 0 Å². The molecule has 0 atom stereocenters. The van der Waals surface area contributed by atoms with Crippen molar-refractivity contribution >= 4 is 39.6 Å². The van der Waals surface area contributed by atoms with Crippen LogP contribution in [0, 0.1) is 6.92 Å². The summed E-state index contributed by atoms with van der Waals surface area (Å²) in [6.07, 6.45) is 0. The van der Waals surface area contributed by atoms with Gasteiger partial charge in [-0.2, -0.15) is 0 Å². The second kappa shape index (κ2) is 7.02. The number of amides is 1. The molecule has 3 aromatic rings. The minimum Gasteiger partial charge on any atom is -0.462 e. The number of hydrogen-bond acceptors (Lipinski definition) is 6. The number of nitrogens with one attached hydrogen (secondary N) is 1. The predicted octanol–water partition coefficient (Wildman–Crippen LogP) is 4.81. The second-order valence-electron chi connectivity index (χ2n) is 4.92. The second-order valence-corrected chi connectivity index (χ2v) is 6.74. The maximum atomic E-state index is 12.4. The molecule has 5 nitrogen and oxygen atoms in total. The number of carbonyl (C=O) groups excluding carboxylic acids is 2. The third-order valence-corrected chi connectivity index (χ3v) is 5.01. The van der Waals surface area contributed by atoms with Crippen LogP contribution in [-0.4, -0.2) is 18.5 Å². The van der Waals surface area contributed by atoms with E-state index in [0.29, 0.717) is 26.8 Å². The van der Waals surface area contributed by atoms with Crippen molar-refractivity contribution in [2.24, 2.45) is 0 Å². The van der Waals surface area contributed by atoms with Crippen molar-refractivity contribution < 1.29 is 18.7 Å². The quantitative estimate of drug-likeness (QED) is 0.662. The van der Waals surface area contributed by atoms with Gasteiger partial charge in [0.25, 0.3) is 5.91 Å². The molecule has 0 aromatic carbocycles. The van der Waals surface area contributed by atoms with Gasteiger partial charge in [-0.25, -0.2) is 4.79 Å². The standard InChI is InChI=1S/C17H15NO4S2/c1-3-21-17(20)14-11(12-7-6-10(2)22-12)9-24-16(14)18-15(19)13-5-4-8-23-13/h4-9H,3H2,1-2H3,(H,18,19). The zero-order valence-electron chi connectivity index (χ0n) is 13.1. The molecular weight excluding hydrogens is 346 g/mol. The highest BCUT2D eigenvalue weighted by atomic mass is 32.1. The van der Waals surface area contributed by atoms with E-state index in [1.807, 2.05) is 18.4 Å². The number of hydrogen-bond donors (Lipinski definition) is 1. The van der Waals surface area contributed by atoms with Gasteiger partial charge in [0.2, 0.25) is 0 Å². The number of ether oxygens (including phenoxy) is 1. The Labute approximate surface area is 146 Å². The smallest absolute Gasteiger partial charge is 0.341 e. The van der Waals surface area contributed by atoms with Crippen LogP contribution >= 0.6 is 22.7 Å². The number of rotatable bonds is 5. The number of esters is 1. The van der Waals surface area contributed by atoms with Crippen LogP contribution in [0.5, 0.6) is 0 Å². The van der Waals surface area contributed by atoms with Gasteiger partial charge in [0.15, 0.2) is 0 Å². The molecule has 7 heteroatoms. The molecule has 1 N–H and O–H groups in total. The Bertz CT molecular complexity index is 861. The fourth-order valence-electron chi connectivity index (χ4n) is 2.19. The molecule has 3 heterocycles. The first-order valence-electron chi connectivity index (χ1n) is 7.30. The topological polar surface area (TPSA) is 68.5 Å². The molecule has 0 saturated carbocycles. The molecule has 0 aliphatic carbocycles. The third kappa shape index (κ3) is 3.27. The normalized spacial score (nSPS) is 10.6. The van der Waals surface area contributed by atoms with Crippen LogP contribution < -0.4 is 5.32 Å². The Balaban J connectivity index is 1.98. The van der Waals surface area contributed by atoms with Crippen molar-refractivity contribution in [2.45, 2.75) is 13.8 Å². The minimum atomic E-state index is -0.482. The lowest BCUT2D eigenvalue weighted by Crippen LogP contribution is -2.13. The van der Waals surface area contributed by atoms with Gasteiger partial charge in [0.05, 0.1) is 11.5 Å². The van der Waals surface area contributed by atoms with Gasteiger partial charge >= 0.3 is 5.97 Å². The summed E-state index contributed by atoms with van der Waals surface area (Å²) >= 11 is 2.61. The molecule has 0 radical (unpaired) electrons. The Morgan fingerprint density at radius 3 is 2.71 bits per heavy atom. The number of thiophene rings is 2. The summed E-state index contributed by atoms with van der Waals surface area (Å²) in [7, 11) is 0. The summed E-state index contributed by atoms with van der Waals surface area (Å²) in [4.78, 5) is 25.3. The van der Waals surface area contributed by atoms with E-state index in [-0.39, 0.29) is 12.5 Å². The number of carbonyl (C=O) groups is 2. The van der Waals surface area contributed by atoms with E-state index < -0.39 is 5.97 Å². The molecule has 24 heavy (non-hydrogen) atoms. The highest BCUT2D eigenvalue weighted by molar-refractivity contribution is 7.15. The Kier molecular flexibility index (Phi) is 4.82. The number of furan rings is 1. The van der Waals surface area contributed by atoms with Gasteiger partial charge in [0, 0.05) is 10.9 Å². The zero-order valence-corrected chi connectivity index (χ0v) is 14.8. The third-order valence-electron chi connectivity index (χ3n) is 3.25. The maximum absolute atomic E-state index is 12.4. The van der Waals surface area contributed by atoms with Gasteiger partial charge in [-0.1, -0.05) is 6.07 Å². The fraction of sp³-hybridized carbons (Fsp3) is 0.176. The molecule has 0 unspecified atom stereocenters. The summed E-state index contributed by atoms with van der Waals surface area (Å²) in [6.45, 7) is 3.83. The van der Waals surface area contributed by atoms with Crippen LogP contribution in [0.1, 0.15) is 32.7 Å². The van der Waals surface area contributed by atoms with Crippen molar-refractivity contribution in [3.8, 4) is 11.3 Å². The largest absolute Gasteiger partial charge is 0.462 e. The highest BCUT2D eigenvalue weighted by Crippen LogP contribution is 2.37. The van der Waals surface area contributed by atoms with E-state index in [1.54, 1.807) is 30.5 Å². The average molecular weight is 361 g/mol. The Hall–Kier alpha value is -2.38. The van der Waals surface area contributed by atoms with Crippen LogP contribution in [0.4, 0.5) is 5.00 Å². The lowest BCUT2D eigenvalue weighted by atomic mass is 10.1. The average Bonchev–Trinajstić information content (AvgIpc) is 3.26. The van der Waals surface area contributed by atoms with Crippen molar-refractivity contribution in [3.05, 3.63) is 51.2 Å². The first-order chi connectivity index (χ1) is 11.6. The lowest BCUT2D eigenvalue weighted by molar-refractivity contribution is 0.0529. The molecule has 3 rings (SSSR count). The monoisotopic (exact) mass is 361 g/mol. The van der Waals surface area contributed by atoms with Crippen LogP contribution in [0.15, 0.2) is 39.4 Å². The fourth-order valence-corrected chi connectivity index (χ4v) is 3.74. The molecule has 0 fully saturated rings. The van der Waals surface area contributed by atoms with Crippen LogP contribution in [0.25, 0.3) is 11.3 Å². The molecule has 1 amide bonds. The Morgan fingerprint density at radius 1 is 1.25 bits per heavy atom. The summed E-state index contributed by atoms with van der Waals surface area (Å²) in [5.74, 6) is 0.586. The zero-order chi connectivity index (χ0) is 17.1. The molecule has 0 aliphatic heterocycles. The van der Waals surface area contributed by atoms with E-state index in [9.17, 15) is 9.59 Å². The van der Waals surface area contributed by atoms with E-state index in [2.05, 4.69) is 5.32 Å². The summed E-state index contributed by atoms with van der Waals surface area (Å²) in [5, 5.41) is 6.86. The molecular formula is C17H15NO4S2. The molecule has 0 saturated heterocycles. The van der Waals surface area contributed by atoms with Crippen molar-refractivity contribution in [2.75, 3.05) is 11.9 Å². The van der Waals surface area contributed by atoms with Gasteiger partial charge in [-0.05, 0) is 37.4 Å². The molecule has 0 spiro atoms. The van der Waals surface area contributed by atoms with E-state index >= 15 is 0 Å². The van der Waals surface area contributed by atoms with Crippen molar-refractivity contribution in [1.29, 1.82) is 0 Å². The van der Waals surface area contributed by atoms with Gasteiger partial charge in [-0.15, -0.1) is 22.7 Å². The first-order valence-corrected chi connectivity index (χ1v) is 9.06. The SMILES string of the molecule is CCOC(=O)c1c(-c2ccc(C)o2)csc1NC(=O)c1cccs1. The van der Waals surface area contributed by atoms with Gasteiger partial charge in [0.1, 0.15) is 22.1 Å².